The molecule has 0 saturated carbocycles. The normalized spacial score (nSPS) is 17.5. The molecule has 0 N–H and O–H groups in total. The number of ketones is 2. The van der Waals surface area contributed by atoms with E-state index in [1.807, 2.05) is 0 Å². The Morgan fingerprint density at radius 2 is 1.71 bits per heavy atom. The summed E-state index contributed by atoms with van der Waals surface area (Å²) in [5, 5.41) is -0.697. The van der Waals surface area contributed by atoms with Gasteiger partial charge >= 0.3 is 0 Å². The lowest BCUT2D eigenvalue weighted by molar-refractivity contribution is -0.114. The molecule has 0 aromatic heterocycles. The zero-order valence-electron chi connectivity index (χ0n) is 7.85. The minimum absolute atomic E-state index is 0.403. The second-order valence-electron chi connectivity index (χ2n) is 3.20. The molecule has 0 radical (unpaired) electrons. The van der Waals surface area contributed by atoms with Crippen LogP contribution < -0.4 is 0 Å². The summed E-state index contributed by atoms with van der Waals surface area (Å²) in [4.78, 5) is 21.7. The third-order valence-electron chi connectivity index (χ3n) is 1.84. The Morgan fingerprint density at radius 1 is 1.14 bits per heavy atom. The van der Waals surface area contributed by atoms with E-state index in [1.165, 1.54) is 13.8 Å². The van der Waals surface area contributed by atoms with Crippen molar-refractivity contribution < 1.29 is 18.0 Å². The molecule has 5 heteroatoms. The number of carbonyl (C=O) groups excluding carboxylic acids is 2. The van der Waals surface area contributed by atoms with Gasteiger partial charge in [-0.1, -0.05) is 0 Å². The van der Waals surface area contributed by atoms with Gasteiger partial charge in [0.2, 0.25) is 0 Å². The summed E-state index contributed by atoms with van der Waals surface area (Å²) in [6, 6.07) is 0. The van der Waals surface area contributed by atoms with Crippen LogP contribution in [-0.4, -0.2) is 25.2 Å². The topological polar surface area (TPSA) is 68.3 Å². The van der Waals surface area contributed by atoms with E-state index >= 15 is 0 Å². The minimum Gasteiger partial charge on any atom is -0.290 e. The van der Waals surface area contributed by atoms with E-state index in [-0.39, 0.29) is 0 Å². The SMILES string of the molecule is CC(C)S(=O)(=O)C1=CC(=O)C=CC1=O. The van der Waals surface area contributed by atoms with Gasteiger partial charge in [0.05, 0.1) is 5.25 Å². The van der Waals surface area contributed by atoms with Gasteiger partial charge in [-0.2, -0.15) is 0 Å². The average Bonchev–Trinajstić information content (AvgIpc) is 2.08. The Balaban J connectivity index is 3.23. The molecule has 0 unspecified atom stereocenters. The van der Waals surface area contributed by atoms with Gasteiger partial charge < -0.3 is 0 Å². The molecule has 4 nitrogen and oxygen atoms in total. The molecule has 1 aliphatic carbocycles. The van der Waals surface area contributed by atoms with Crippen molar-refractivity contribution in [3.05, 3.63) is 23.1 Å². The predicted molar refractivity (Wildman–Crippen MR) is 51.3 cm³/mol. The Hall–Kier alpha value is -1.23. The lowest BCUT2D eigenvalue weighted by Crippen LogP contribution is -2.23. The molecule has 0 aromatic carbocycles. The van der Waals surface area contributed by atoms with Crippen LogP contribution in [0.2, 0.25) is 0 Å². The van der Waals surface area contributed by atoms with E-state index in [0.717, 1.165) is 18.2 Å². The lowest BCUT2D eigenvalue weighted by Gasteiger charge is -2.10. The van der Waals surface area contributed by atoms with Crippen molar-refractivity contribution in [2.45, 2.75) is 19.1 Å². The van der Waals surface area contributed by atoms with Crippen molar-refractivity contribution in [1.82, 2.24) is 0 Å². The molecule has 0 saturated heterocycles. The molecule has 0 bridgehead atoms. The first-order valence-corrected chi connectivity index (χ1v) is 5.62. The zero-order chi connectivity index (χ0) is 10.9. The highest BCUT2D eigenvalue weighted by atomic mass is 32.2. The molecule has 0 amide bonds. The maximum absolute atomic E-state index is 11.6. The van der Waals surface area contributed by atoms with Crippen molar-refractivity contribution in [2.75, 3.05) is 0 Å². The van der Waals surface area contributed by atoms with Crippen LogP contribution in [0.5, 0.6) is 0 Å². The zero-order valence-corrected chi connectivity index (χ0v) is 8.67. The van der Waals surface area contributed by atoms with Crippen LogP contribution in [0.15, 0.2) is 23.1 Å². The van der Waals surface area contributed by atoms with Crippen LogP contribution in [0.4, 0.5) is 0 Å². The van der Waals surface area contributed by atoms with Gasteiger partial charge in [-0.3, -0.25) is 9.59 Å². The minimum atomic E-state index is -3.64. The number of sulfone groups is 1. The van der Waals surface area contributed by atoms with Crippen LogP contribution in [0.25, 0.3) is 0 Å². The van der Waals surface area contributed by atoms with E-state index in [1.54, 1.807) is 0 Å². The maximum Gasteiger partial charge on any atom is 0.197 e. The smallest absolute Gasteiger partial charge is 0.197 e. The predicted octanol–water partition coefficient (Wildman–Crippen LogP) is 0.401. The Labute approximate surface area is 82.2 Å². The number of rotatable bonds is 2. The highest BCUT2D eigenvalue weighted by Gasteiger charge is 2.28. The highest BCUT2D eigenvalue weighted by Crippen LogP contribution is 2.17. The summed E-state index contributed by atoms with van der Waals surface area (Å²) in [6.45, 7) is 2.93. The summed E-state index contributed by atoms with van der Waals surface area (Å²) in [5.74, 6) is -1.10. The monoisotopic (exact) mass is 214 g/mol. The third-order valence-corrected chi connectivity index (χ3v) is 4.02. The van der Waals surface area contributed by atoms with Crippen molar-refractivity contribution in [3.63, 3.8) is 0 Å². The average molecular weight is 214 g/mol. The van der Waals surface area contributed by atoms with E-state index in [4.69, 9.17) is 0 Å². The second kappa shape index (κ2) is 3.49. The fraction of sp³-hybridized carbons (Fsp3) is 0.333. The lowest BCUT2D eigenvalue weighted by atomic mass is 10.2. The van der Waals surface area contributed by atoms with Crippen LogP contribution in [0, 0.1) is 0 Å². The van der Waals surface area contributed by atoms with Crippen molar-refractivity contribution in [3.8, 4) is 0 Å². The molecule has 0 fully saturated rings. The molecule has 0 atom stereocenters. The second-order valence-corrected chi connectivity index (χ2v) is 5.67. The number of carbonyl (C=O) groups is 2. The van der Waals surface area contributed by atoms with Crippen LogP contribution >= 0.6 is 0 Å². The highest BCUT2D eigenvalue weighted by molar-refractivity contribution is 7.96. The van der Waals surface area contributed by atoms with Crippen LogP contribution in [-0.2, 0) is 19.4 Å². The molecule has 0 aromatic rings. The number of hydrogen-bond acceptors (Lipinski definition) is 4. The Kier molecular flexibility index (Phi) is 2.71. The maximum atomic E-state index is 11.6. The molecule has 14 heavy (non-hydrogen) atoms. The first-order chi connectivity index (χ1) is 6.35. The molecule has 0 spiro atoms. The molecule has 1 aliphatic rings. The molecule has 0 aliphatic heterocycles. The van der Waals surface area contributed by atoms with Gasteiger partial charge in [-0.15, -0.1) is 0 Å². The quantitative estimate of drug-likeness (QED) is 0.624. The summed E-state index contributed by atoms with van der Waals surface area (Å²) >= 11 is 0. The fourth-order valence-corrected chi connectivity index (χ4v) is 2.10. The third kappa shape index (κ3) is 1.82. The molecule has 76 valence electrons. The first-order valence-electron chi connectivity index (χ1n) is 4.07. The van der Waals surface area contributed by atoms with Crippen molar-refractivity contribution in [1.29, 1.82) is 0 Å². The molecule has 0 heterocycles. The van der Waals surface area contributed by atoms with Crippen molar-refractivity contribution in [2.24, 2.45) is 0 Å². The Bertz CT molecular complexity index is 437. The van der Waals surface area contributed by atoms with Gasteiger partial charge in [0.1, 0.15) is 4.91 Å². The van der Waals surface area contributed by atoms with Gasteiger partial charge in [-0.25, -0.2) is 8.42 Å². The Morgan fingerprint density at radius 3 is 2.21 bits per heavy atom. The standard InChI is InChI=1S/C9H10O4S/c1-6(2)14(12,13)9-5-7(10)3-4-8(9)11/h3-6H,1-2H3. The number of allylic oxidation sites excluding steroid dienone is 4. The summed E-state index contributed by atoms with van der Waals surface area (Å²) in [7, 11) is -3.64. The molecular weight excluding hydrogens is 204 g/mol. The largest absolute Gasteiger partial charge is 0.290 e. The first kappa shape index (κ1) is 10.8. The van der Waals surface area contributed by atoms with Crippen LogP contribution in [0.3, 0.4) is 0 Å². The van der Waals surface area contributed by atoms with Gasteiger partial charge in [0.15, 0.2) is 21.4 Å². The van der Waals surface area contributed by atoms with E-state index in [9.17, 15) is 18.0 Å². The summed E-state index contributed by atoms with van der Waals surface area (Å²) in [5.41, 5.74) is 0. The van der Waals surface area contributed by atoms with E-state index in [0.29, 0.717) is 0 Å². The van der Waals surface area contributed by atoms with Gasteiger partial charge in [-0.05, 0) is 26.0 Å². The van der Waals surface area contributed by atoms with Gasteiger partial charge in [0.25, 0.3) is 0 Å². The van der Waals surface area contributed by atoms with Gasteiger partial charge in [0, 0.05) is 6.08 Å². The van der Waals surface area contributed by atoms with E-state index in [2.05, 4.69) is 0 Å². The molecule has 1 rings (SSSR count). The summed E-state index contributed by atoms with van der Waals surface area (Å²) in [6.07, 6.45) is 2.91. The number of hydrogen-bond donors (Lipinski definition) is 0. The molecular formula is C9H10O4S. The van der Waals surface area contributed by atoms with Crippen molar-refractivity contribution >= 4 is 21.4 Å². The van der Waals surface area contributed by atoms with E-state index < -0.39 is 31.6 Å². The summed E-state index contributed by atoms with van der Waals surface area (Å²) < 4.78 is 23.1. The fourth-order valence-electron chi connectivity index (χ4n) is 0.965. The van der Waals surface area contributed by atoms with Crippen LogP contribution in [0.1, 0.15) is 13.8 Å².